The summed E-state index contributed by atoms with van der Waals surface area (Å²) in [4.78, 5) is 41.0. The summed E-state index contributed by atoms with van der Waals surface area (Å²) in [5.74, 6) is -0.840. The molecule has 1 saturated heterocycles. The summed E-state index contributed by atoms with van der Waals surface area (Å²) in [5.41, 5.74) is 3.87. The van der Waals surface area contributed by atoms with Gasteiger partial charge in [-0.05, 0) is 19.1 Å². The van der Waals surface area contributed by atoms with Crippen LogP contribution in [0.5, 0.6) is 0 Å². The van der Waals surface area contributed by atoms with Gasteiger partial charge < -0.3 is 24.7 Å². The van der Waals surface area contributed by atoms with Gasteiger partial charge >= 0.3 is 0 Å². The summed E-state index contributed by atoms with van der Waals surface area (Å²) in [5, 5.41) is 18.9. The smallest absolute Gasteiger partial charge is 0.259 e. The van der Waals surface area contributed by atoms with E-state index in [1.54, 1.807) is 6.92 Å². The van der Waals surface area contributed by atoms with Gasteiger partial charge in [-0.3, -0.25) is 19.7 Å². The standard InChI is InChI=1S/C27H22N4O5/c1-12-25(33)16(28-11-32)10-18(36-12)31-17-9-5-3-7-14(17)20-22-21(26(34)30-27(22)35)19-13-6-2-4-8-15(13)29-23(19)24(20)31/h2-9,11-12,16,18,25,29,33H,10H2,1H3,(H,28,32)(H,30,34,35)/t12-,16+,18+,25-/m0/s1. The number of aromatic amines is 1. The number of ether oxygens (including phenoxy) is 1. The van der Waals surface area contributed by atoms with Crippen LogP contribution in [0.1, 0.15) is 40.3 Å². The number of fused-ring (bicyclic) bond motifs is 10. The first-order chi connectivity index (χ1) is 17.5. The molecule has 0 saturated carbocycles. The van der Waals surface area contributed by atoms with Crippen LogP contribution in [-0.4, -0.2) is 51.1 Å². The van der Waals surface area contributed by atoms with Crippen molar-refractivity contribution in [3.8, 4) is 0 Å². The van der Waals surface area contributed by atoms with Gasteiger partial charge in [0, 0.05) is 33.5 Å². The van der Waals surface area contributed by atoms with Crippen molar-refractivity contribution in [2.75, 3.05) is 0 Å². The molecule has 0 radical (unpaired) electrons. The van der Waals surface area contributed by atoms with Crippen LogP contribution in [0.2, 0.25) is 0 Å². The Kier molecular flexibility index (Phi) is 4.33. The zero-order chi connectivity index (χ0) is 24.7. The molecule has 0 bridgehead atoms. The number of H-pyrrole nitrogens is 1. The van der Waals surface area contributed by atoms with Crippen molar-refractivity contribution >= 4 is 61.8 Å². The highest BCUT2D eigenvalue weighted by Crippen LogP contribution is 2.45. The molecule has 0 aliphatic carbocycles. The van der Waals surface area contributed by atoms with Crippen LogP contribution in [0.15, 0.2) is 48.5 Å². The van der Waals surface area contributed by atoms with E-state index in [4.69, 9.17) is 4.74 Å². The largest absolute Gasteiger partial charge is 0.388 e. The third-order valence-electron chi connectivity index (χ3n) is 7.58. The predicted octanol–water partition coefficient (Wildman–Crippen LogP) is 3.10. The van der Waals surface area contributed by atoms with Crippen molar-refractivity contribution in [2.45, 2.75) is 37.8 Å². The second kappa shape index (κ2) is 7.39. The third-order valence-corrected chi connectivity index (χ3v) is 7.58. The molecule has 2 aliphatic heterocycles. The number of hydrogen-bond acceptors (Lipinski definition) is 5. The zero-order valence-electron chi connectivity index (χ0n) is 19.2. The maximum absolute atomic E-state index is 13.2. The van der Waals surface area contributed by atoms with Crippen molar-refractivity contribution in [2.24, 2.45) is 0 Å². The molecule has 1 fully saturated rings. The lowest BCUT2D eigenvalue weighted by Gasteiger charge is -2.38. The second-order valence-corrected chi connectivity index (χ2v) is 9.48. The number of hydrogen-bond donors (Lipinski definition) is 4. The Morgan fingerprint density at radius 2 is 1.72 bits per heavy atom. The number of carbonyl (C=O) groups excluding carboxylic acids is 3. The molecular formula is C27H22N4O5. The first-order valence-electron chi connectivity index (χ1n) is 11.9. The number of amides is 3. The normalized spacial score (nSPS) is 24.1. The van der Waals surface area contributed by atoms with Crippen molar-refractivity contribution < 1.29 is 24.2 Å². The molecule has 0 unspecified atom stereocenters. The Morgan fingerprint density at radius 1 is 1.03 bits per heavy atom. The minimum absolute atomic E-state index is 0.321. The highest BCUT2D eigenvalue weighted by Gasteiger charge is 2.40. The van der Waals surface area contributed by atoms with Crippen LogP contribution in [0, 0.1) is 0 Å². The number of rotatable bonds is 3. The maximum Gasteiger partial charge on any atom is 0.259 e. The van der Waals surface area contributed by atoms with Crippen LogP contribution in [0.3, 0.4) is 0 Å². The lowest BCUT2D eigenvalue weighted by atomic mass is 9.96. The maximum atomic E-state index is 13.2. The Balaban J connectivity index is 1.66. The van der Waals surface area contributed by atoms with E-state index >= 15 is 0 Å². The molecule has 7 rings (SSSR count). The fourth-order valence-corrected chi connectivity index (χ4v) is 6.06. The summed E-state index contributed by atoms with van der Waals surface area (Å²) < 4.78 is 8.33. The second-order valence-electron chi connectivity index (χ2n) is 9.48. The van der Waals surface area contributed by atoms with Gasteiger partial charge in [0.2, 0.25) is 6.41 Å². The van der Waals surface area contributed by atoms with E-state index in [0.29, 0.717) is 34.7 Å². The summed E-state index contributed by atoms with van der Waals surface area (Å²) in [6.07, 6.45) is -1.04. The van der Waals surface area contributed by atoms with E-state index in [1.165, 1.54) is 0 Å². The topological polar surface area (TPSA) is 125 Å². The number of benzene rings is 3. The lowest BCUT2D eigenvalue weighted by molar-refractivity contribution is -0.150. The van der Waals surface area contributed by atoms with Crippen LogP contribution < -0.4 is 10.6 Å². The van der Waals surface area contributed by atoms with E-state index in [9.17, 15) is 19.5 Å². The molecule has 3 aromatic carbocycles. The molecule has 9 nitrogen and oxygen atoms in total. The van der Waals surface area contributed by atoms with Crippen molar-refractivity contribution in [3.05, 3.63) is 59.7 Å². The number of para-hydroxylation sites is 2. The number of aliphatic hydroxyl groups excluding tert-OH is 1. The quantitative estimate of drug-likeness (QED) is 0.232. The average Bonchev–Trinajstić information content (AvgIpc) is 3.51. The van der Waals surface area contributed by atoms with Crippen molar-refractivity contribution in [1.82, 2.24) is 20.2 Å². The SMILES string of the molecule is C[C@@H]1O[C@@H](n2c3ccccc3c3c4c(c5c6ccccc6[nH]c5c32)C(=O)NC4=O)C[C@@H](NC=O)[C@H]1O. The molecule has 180 valence electrons. The Bertz CT molecular complexity index is 1770. The Morgan fingerprint density at radius 3 is 2.50 bits per heavy atom. The van der Waals surface area contributed by atoms with Gasteiger partial charge in [0.1, 0.15) is 12.3 Å². The van der Waals surface area contributed by atoms with Gasteiger partial charge in [-0.25, -0.2) is 0 Å². The Hall–Kier alpha value is -4.21. The number of nitrogens with zero attached hydrogens (tertiary/aromatic N) is 1. The van der Waals surface area contributed by atoms with Crippen molar-refractivity contribution in [3.63, 3.8) is 0 Å². The van der Waals surface area contributed by atoms with Gasteiger partial charge in [-0.2, -0.15) is 0 Å². The fraction of sp³-hybridized carbons (Fsp3) is 0.222. The molecule has 9 heteroatoms. The summed E-state index contributed by atoms with van der Waals surface area (Å²) in [6, 6.07) is 14.9. The van der Waals surface area contributed by atoms with Crippen LogP contribution in [-0.2, 0) is 9.53 Å². The molecule has 36 heavy (non-hydrogen) atoms. The van der Waals surface area contributed by atoms with Gasteiger partial charge in [0.05, 0.1) is 39.8 Å². The van der Waals surface area contributed by atoms with E-state index in [1.807, 2.05) is 53.1 Å². The summed E-state index contributed by atoms with van der Waals surface area (Å²) in [7, 11) is 0. The molecule has 4 N–H and O–H groups in total. The molecular weight excluding hydrogens is 460 g/mol. The molecule has 0 spiro atoms. The number of nitrogens with one attached hydrogen (secondary N) is 3. The molecule has 2 aromatic heterocycles. The molecule has 5 aromatic rings. The average molecular weight is 482 g/mol. The molecule has 2 aliphatic rings. The monoisotopic (exact) mass is 482 g/mol. The fourth-order valence-electron chi connectivity index (χ4n) is 6.06. The summed E-state index contributed by atoms with van der Waals surface area (Å²) in [6.45, 7) is 1.77. The van der Waals surface area contributed by atoms with E-state index in [0.717, 1.165) is 32.8 Å². The lowest BCUT2D eigenvalue weighted by Crippen LogP contribution is -2.51. The molecule has 4 atom stereocenters. The third kappa shape index (κ3) is 2.64. The zero-order valence-corrected chi connectivity index (χ0v) is 19.2. The Labute approximate surface area is 204 Å². The summed E-state index contributed by atoms with van der Waals surface area (Å²) >= 11 is 0. The number of aliphatic hydroxyl groups is 1. The minimum atomic E-state index is -0.861. The van der Waals surface area contributed by atoms with Gasteiger partial charge in [-0.1, -0.05) is 36.4 Å². The molecule has 3 amide bonds. The number of imide groups is 1. The number of aromatic nitrogens is 2. The predicted molar refractivity (Wildman–Crippen MR) is 134 cm³/mol. The van der Waals surface area contributed by atoms with Crippen molar-refractivity contribution in [1.29, 1.82) is 0 Å². The highest BCUT2D eigenvalue weighted by atomic mass is 16.5. The van der Waals surface area contributed by atoms with E-state index in [2.05, 4.69) is 15.6 Å². The van der Waals surface area contributed by atoms with E-state index < -0.39 is 36.3 Å². The first-order valence-corrected chi connectivity index (χ1v) is 11.9. The first kappa shape index (κ1) is 21.1. The highest BCUT2D eigenvalue weighted by molar-refractivity contribution is 6.39. The van der Waals surface area contributed by atoms with Gasteiger partial charge in [0.15, 0.2) is 0 Å². The van der Waals surface area contributed by atoms with Gasteiger partial charge in [-0.15, -0.1) is 0 Å². The van der Waals surface area contributed by atoms with E-state index in [-0.39, 0.29) is 0 Å². The van der Waals surface area contributed by atoms with Crippen LogP contribution in [0.4, 0.5) is 0 Å². The van der Waals surface area contributed by atoms with Gasteiger partial charge in [0.25, 0.3) is 11.8 Å². The number of carbonyl (C=O) groups is 3. The minimum Gasteiger partial charge on any atom is -0.388 e. The van der Waals surface area contributed by atoms with Crippen LogP contribution in [0.25, 0.3) is 43.6 Å². The molecule has 4 heterocycles. The van der Waals surface area contributed by atoms with Crippen LogP contribution >= 0.6 is 0 Å².